The molecule has 0 amide bonds. The normalized spacial score (nSPS) is 27.3. The Labute approximate surface area is 121 Å². The van der Waals surface area contributed by atoms with Crippen molar-refractivity contribution >= 4 is 0 Å². The molecule has 0 aromatic heterocycles. The summed E-state index contributed by atoms with van der Waals surface area (Å²) in [5, 5.41) is 4.01. The fourth-order valence-electron chi connectivity index (χ4n) is 3.50. The van der Waals surface area contributed by atoms with E-state index < -0.39 is 0 Å². The first kappa shape index (κ1) is 17.0. The number of unbranched alkanes of at least 4 members (excludes halogenated alkanes) is 4. The SMILES string of the molecule is CCCCCC(CCCCC)NC1CCC(C)C1C. The van der Waals surface area contributed by atoms with E-state index in [4.69, 9.17) is 0 Å². The van der Waals surface area contributed by atoms with E-state index in [2.05, 4.69) is 33.0 Å². The lowest BCUT2D eigenvalue weighted by atomic mass is 9.95. The van der Waals surface area contributed by atoms with Gasteiger partial charge in [0.05, 0.1) is 0 Å². The molecule has 1 rings (SSSR count). The van der Waals surface area contributed by atoms with E-state index in [9.17, 15) is 0 Å². The minimum atomic E-state index is 0.788. The van der Waals surface area contributed by atoms with Gasteiger partial charge in [0, 0.05) is 12.1 Å². The summed E-state index contributed by atoms with van der Waals surface area (Å²) in [6, 6.07) is 1.58. The standard InChI is InChI=1S/C18H37N/c1-5-7-9-11-17(12-10-8-6-2)19-18-14-13-15(3)16(18)4/h15-19H,5-14H2,1-4H3. The molecule has 0 spiro atoms. The second-order valence-corrected chi connectivity index (χ2v) is 6.88. The summed E-state index contributed by atoms with van der Waals surface area (Å²) in [6.07, 6.45) is 14.0. The molecule has 114 valence electrons. The summed E-state index contributed by atoms with van der Waals surface area (Å²) in [5.74, 6) is 1.80. The van der Waals surface area contributed by atoms with Crippen molar-refractivity contribution in [2.45, 2.75) is 104 Å². The minimum Gasteiger partial charge on any atom is -0.311 e. The first-order valence-electron chi connectivity index (χ1n) is 8.95. The molecule has 0 bridgehead atoms. The maximum Gasteiger partial charge on any atom is 0.00979 e. The maximum atomic E-state index is 4.01. The van der Waals surface area contributed by atoms with Crippen LogP contribution in [0.25, 0.3) is 0 Å². The van der Waals surface area contributed by atoms with Gasteiger partial charge in [-0.2, -0.15) is 0 Å². The quantitative estimate of drug-likeness (QED) is 0.512. The maximum absolute atomic E-state index is 4.01. The second kappa shape index (κ2) is 9.80. The molecule has 1 nitrogen and oxygen atoms in total. The average molecular weight is 268 g/mol. The van der Waals surface area contributed by atoms with Crippen LogP contribution in [0.4, 0.5) is 0 Å². The Morgan fingerprint density at radius 2 is 1.47 bits per heavy atom. The van der Waals surface area contributed by atoms with E-state index >= 15 is 0 Å². The van der Waals surface area contributed by atoms with Crippen LogP contribution in [0.15, 0.2) is 0 Å². The molecule has 0 aliphatic heterocycles. The van der Waals surface area contributed by atoms with Gasteiger partial charge in [0.15, 0.2) is 0 Å². The molecule has 1 fully saturated rings. The van der Waals surface area contributed by atoms with Crippen molar-refractivity contribution in [3.05, 3.63) is 0 Å². The van der Waals surface area contributed by atoms with Gasteiger partial charge in [-0.05, 0) is 37.5 Å². The van der Waals surface area contributed by atoms with E-state index in [1.54, 1.807) is 0 Å². The molecule has 0 heterocycles. The molecule has 0 aromatic carbocycles. The third-order valence-electron chi connectivity index (χ3n) is 5.23. The van der Waals surface area contributed by atoms with E-state index in [-0.39, 0.29) is 0 Å². The van der Waals surface area contributed by atoms with Gasteiger partial charge in [0.2, 0.25) is 0 Å². The Morgan fingerprint density at radius 1 is 0.895 bits per heavy atom. The molecule has 1 heteroatoms. The van der Waals surface area contributed by atoms with Gasteiger partial charge in [0.25, 0.3) is 0 Å². The van der Waals surface area contributed by atoms with Crippen molar-refractivity contribution in [3.8, 4) is 0 Å². The zero-order valence-corrected chi connectivity index (χ0v) is 13.9. The molecular weight excluding hydrogens is 230 g/mol. The topological polar surface area (TPSA) is 12.0 Å². The predicted molar refractivity (Wildman–Crippen MR) is 86.6 cm³/mol. The van der Waals surface area contributed by atoms with Crippen molar-refractivity contribution in [1.29, 1.82) is 0 Å². The third kappa shape index (κ3) is 6.29. The van der Waals surface area contributed by atoms with Gasteiger partial charge >= 0.3 is 0 Å². The third-order valence-corrected chi connectivity index (χ3v) is 5.23. The Balaban J connectivity index is 2.34. The number of nitrogens with one attached hydrogen (secondary N) is 1. The molecule has 3 unspecified atom stereocenters. The first-order valence-corrected chi connectivity index (χ1v) is 8.95. The lowest BCUT2D eigenvalue weighted by Gasteiger charge is -2.27. The lowest BCUT2D eigenvalue weighted by molar-refractivity contribution is 0.311. The molecule has 3 atom stereocenters. The number of hydrogen-bond donors (Lipinski definition) is 1. The Kier molecular flexibility index (Phi) is 8.77. The summed E-state index contributed by atoms with van der Waals surface area (Å²) in [6.45, 7) is 9.49. The number of hydrogen-bond acceptors (Lipinski definition) is 1. The summed E-state index contributed by atoms with van der Waals surface area (Å²) in [5.41, 5.74) is 0. The van der Waals surface area contributed by atoms with Crippen LogP contribution < -0.4 is 5.32 Å². The lowest BCUT2D eigenvalue weighted by Crippen LogP contribution is -2.40. The van der Waals surface area contributed by atoms with Crippen molar-refractivity contribution in [3.63, 3.8) is 0 Å². The van der Waals surface area contributed by atoms with Gasteiger partial charge in [0.1, 0.15) is 0 Å². The molecule has 1 aliphatic rings. The first-order chi connectivity index (χ1) is 9.19. The molecule has 1 N–H and O–H groups in total. The predicted octanol–water partition coefficient (Wildman–Crippen LogP) is 5.54. The minimum absolute atomic E-state index is 0.788. The molecular formula is C18H37N. The van der Waals surface area contributed by atoms with Crippen LogP contribution in [0.1, 0.15) is 91.9 Å². The van der Waals surface area contributed by atoms with E-state index in [0.29, 0.717) is 0 Å². The highest BCUT2D eigenvalue weighted by atomic mass is 15.0. The molecule has 1 aliphatic carbocycles. The second-order valence-electron chi connectivity index (χ2n) is 6.88. The fraction of sp³-hybridized carbons (Fsp3) is 1.00. The number of rotatable bonds is 10. The summed E-state index contributed by atoms with van der Waals surface area (Å²) < 4.78 is 0. The highest BCUT2D eigenvalue weighted by molar-refractivity contribution is 4.87. The Morgan fingerprint density at radius 3 is 1.89 bits per heavy atom. The largest absolute Gasteiger partial charge is 0.311 e. The Bertz CT molecular complexity index is 204. The van der Waals surface area contributed by atoms with Gasteiger partial charge in [-0.1, -0.05) is 66.2 Å². The van der Waals surface area contributed by atoms with Crippen LogP contribution in [0.3, 0.4) is 0 Å². The molecule has 0 radical (unpaired) electrons. The van der Waals surface area contributed by atoms with Crippen molar-refractivity contribution in [2.75, 3.05) is 0 Å². The molecule has 0 saturated heterocycles. The molecule has 1 saturated carbocycles. The highest BCUT2D eigenvalue weighted by Crippen LogP contribution is 2.32. The highest BCUT2D eigenvalue weighted by Gasteiger charge is 2.30. The monoisotopic (exact) mass is 267 g/mol. The van der Waals surface area contributed by atoms with Gasteiger partial charge in [-0.15, -0.1) is 0 Å². The van der Waals surface area contributed by atoms with Crippen LogP contribution in [-0.4, -0.2) is 12.1 Å². The van der Waals surface area contributed by atoms with E-state index in [1.165, 1.54) is 64.2 Å². The summed E-state index contributed by atoms with van der Waals surface area (Å²) in [7, 11) is 0. The molecule has 19 heavy (non-hydrogen) atoms. The Hall–Kier alpha value is -0.0400. The van der Waals surface area contributed by atoms with Crippen LogP contribution in [0.2, 0.25) is 0 Å². The average Bonchev–Trinajstić information content (AvgIpc) is 2.71. The van der Waals surface area contributed by atoms with Crippen LogP contribution in [0, 0.1) is 11.8 Å². The van der Waals surface area contributed by atoms with Gasteiger partial charge in [-0.3, -0.25) is 0 Å². The summed E-state index contributed by atoms with van der Waals surface area (Å²) >= 11 is 0. The van der Waals surface area contributed by atoms with Crippen LogP contribution in [0.5, 0.6) is 0 Å². The summed E-state index contributed by atoms with van der Waals surface area (Å²) in [4.78, 5) is 0. The van der Waals surface area contributed by atoms with E-state index in [0.717, 1.165) is 23.9 Å². The van der Waals surface area contributed by atoms with Crippen molar-refractivity contribution < 1.29 is 0 Å². The fourth-order valence-corrected chi connectivity index (χ4v) is 3.50. The van der Waals surface area contributed by atoms with Gasteiger partial charge < -0.3 is 5.32 Å². The van der Waals surface area contributed by atoms with Crippen molar-refractivity contribution in [1.82, 2.24) is 5.32 Å². The van der Waals surface area contributed by atoms with Gasteiger partial charge in [-0.25, -0.2) is 0 Å². The zero-order valence-electron chi connectivity index (χ0n) is 13.9. The smallest absolute Gasteiger partial charge is 0.00979 e. The zero-order chi connectivity index (χ0) is 14.1. The van der Waals surface area contributed by atoms with E-state index in [1.807, 2.05) is 0 Å². The van der Waals surface area contributed by atoms with Crippen LogP contribution >= 0.6 is 0 Å². The molecule has 0 aromatic rings. The van der Waals surface area contributed by atoms with Crippen LogP contribution in [-0.2, 0) is 0 Å². The van der Waals surface area contributed by atoms with Crippen molar-refractivity contribution in [2.24, 2.45) is 11.8 Å².